The standard InChI is InChI=1S/C19H24F3NO4/c1-17(2,3)27-16(26)23-10-8-18(9-11-23,12-15(24)25)13-4-6-14(7-5-13)19(20,21)22/h4-7H,8-12H2,1-3H3,(H,24,25). The summed E-state index contributed by atoms with van der Waals surface area (Å²) >= 11 is 0. The number of alkyl halides is 3. The molecule has 0 atom stereocenters. The van der Waals surface area contributed by atoms with Crippen LogP contribution in [-0.4, -0.2) is 40.8 Å². The number of carboxylic acid groups (broad SMARTS) is 1. The maximum absolute atomic E-state index is 12.8. The molecule has 5 nitrogen and oxygen atoms in total. The van der Waals surface area contributed by atoms with Crippen LogP contribution in [0.4, 0.5) is 18.0 Å². The van der Waals surface area contributed by atoms with Crippen molar-refractivity contribution >= 4 is 12.1 Å². The highest BCUT2D eigenvalue weighted by Crippen LogP contribution is 2.40. The number of benzene rings is 1. The lowest BCUT2D eigenvalue weighted by molar-refractivity contribution is -0.139. The average molecular weight is 387 g/mol. The number of halogens is 3. The first-order valence-electron chi connectivity index (χ1n) is 8.70. The Bertz CT molecular complexity index is 684. The molecule has 150 valence electrons. The number of hydrogen-bond donors (Lipinski definition) is 1. The maximum atomic E-state index is 12.8. The Labute approximate surface area is 156 Å². The van der Waals surface area contributed by atoms with E-state index in [0.717, 1.165) is 12.1 Å². The highest BCUT2D eigenvalue weighted by molar-refractivity contribution is 5.70. The van der Waals surface area contributed by atoms with Gasteiger partial charge in [0, 0.05) is 18.5 Å². The van der Waals surface area contributed by atoms with Gasteiger partial charge in [0.2, 0.25) is 0 Å². The SMILES string of the molecule is CC(C)(C)OC(=O)N1CCC(CC(=O)O)(c2ccc(C(F)(F)F)cc2)CC1. The molecule has 1 heterocycles. The largest absolute Gasteiger partial charge is 0.481 e. The highest BCUT2D eigenvalue weighted by Gasteiger charge is 2.40. The second kappa shape index (κ2) is 7.40. The van der Waals surface area contributed by atoms with Crippen molar-refractivity contribution in [2.45, 2.75) is 57.2 Å². The van der Waals surface area contributed by atoms with Crippen molar-refractivity contribution in [2.75, 3.05) is 13.1 Å². The first kappa shape index (κ1) is 21.1. The topological polar surface area (TPSA) is 66.8 Å². The second-order valence-corrected chi connectivity index (χ2v) is 7.89. The van der Waals surface area contributed by atoms with Crippen LogP contribution in [0.5, 0.6) is 0 Å². The van der Waals surface area contributed by atoms with E-state index in [1.807, 2.05) is 0 Å². The van der Waals surface area contributed by atoms with Crippen LogP contribution in [0.1, 0.15) is 51.2 Å². The summed E-state index contributed by atoms with van der Waals surface area (Å²) in [6.07, 6.45) is -4.45. The third kappa shape index (κ3) is 5.37. The van der Waals surface area contributed by atoms with E-state index in [2.05, 4.69) is 0 Å². The van der Waals surface area contributed by atoms with Crippen LogP contribution in [0.3, 0.4) is 0 Å². The zero-order valence-electron chi connectivity index (χ0n) is 15.6. The van der Waals surface area contributed by atoms with E-state index < -0.39 is 34.8 Å². The fourth-order valence-electron chi connectivity index (χ4n) is 3.31. The van der Waals surface area contributed by atoms with Gasteiger partial charge < -0.3 is 14.7 Å². The Kier molecular flexibility index (Phi) is 5.77. The smallest absolute Gasteiger partial charge is 0.416 e. The van der Waals surface area contributed by atoms with Crippen molar-refractivity contribution in [2.24, 2.45) is 0 Å². The van der Waals surface area contributed by atoms with E-state index in [1.165, 1.54) is 17.0 Å². The summed E-state index contributed by atoms with van der Waals surface area (Å²) in [5.74, 6) is -1.03. The van der Waals surface area contributed by atoms with E-state index in [-0.39, 0.29) is 19.5 Å². The number of nitrogens with zero attached hydrogens (tertiary/aromatic N) is 1. The minimum absolute atomic E-state index is 0.208. The summed E-state index contributed by atoms with van der Waals surface area (Å²) < 4.78 is 43.7. The molecule has 2 rings (SSSR count). The molecule has 1 aromatic carbocycles. The van der Waals surface area contributed by atoms with Gasteiger partial charge in [-0.25, -0.2) is 4.79 Å². The van der Waals surface area contributed by atoms with Crippen LogP contribution < -0.4 is 0 Å². The third-order valence-corrected chi connectivity index (χ3v) is 4.69. The predicted molar refractivity (Wildman–Crippen MR) is 92.4 cm³/mol. The van der Waals surface area contributed by atoms with Crippen molar-refractivity contribution in [1.29, 1.82) is 0 Å². The second-order valence-electron chi connectivity index (χ2n) is 7.89. The molecule has 1 N–H and O–H groups in total. The van der Waals surface area contributed by atoms with Gasteiger partial charge in [-0.1, -0.05) is 12.1 Å². The molecule has 1 aliphatic heterocycles. The Morgan fingerprint density at radius 3 is 2.04 bits per heavy atom. The molecule has 0 bridgehead atoms. The molecule has 1 amide bonds. The van der Waals surface area contributed by atoms with Crippen LogP contribution in [0.2, 0.25) is 0 Å². The summed E-state index contributed by atoms with van der Waals surface area (Å²) in [6.45, 7) is 5.83. The first-order valence-corrected chi connectivity index (χ1v) is 8.70. The van der Waals surface area contributed by atoms with Crippen molar-refractivity contribution in [1.82, 2.24) is 4.90 Å². The van der Waals surface area contributed by atoms with Gasteiger partial charge in [0.1, 0.15) is 5.60 Å². The fourth-order valence-corrected chi connectivity index (χ4v) is 3.31. The minimum Gasteiger partial charge on any atom is -0.481 e. The van der Waals surface area contributed by atoms with Gasteiger partial charge >= 0.3 is 18.2 Å². The lowest BCUT2D eigenvalue weighted by Crippen LogP contribution is -2.47. The molecule has 0 radical (unpaired) electrons. The van der Waals surface area contributed by atoms with Gasteiger partial charge in [0.25, 0.3) is 0 Å². The predicted octanol–water partition coefficient (Wildman–Crippen LogP) is 4.45. The monoisotopic (exact) mass is 387 g/mol. The van der Waals surface area contributed by atoms with Crippen LogP contribution in [0.15, 0.2) is 24.3 Å². The quantitative estimate of drug-likeness (QED) is 0.832. The van der Waals surface area contributed by atoms with Gasteiger partial charge in [0.15, 0.2) is 0 Å². The van der Waals surface area contributed by atoms with E-state index in [4.69, 9.17) is 4.74 Å². The van der Waals surface area contributed by atoms with Crippen molar-refractivity contribution in [3.63, 3.8) is 0 Å². The molecule has 0 saturated carbocycles. The minimum atomic E-state index is -4.45. The fraction of sp³-hybridized carbons (Fsp3) is 0.579. The van der Waals surface area contributed by atoms with Crippen LogP contribution in [0, 0.1) is 0 Å². The number of hydrogen-bond acceptors (Lipinski definition) is 3. The molecule has 0 unspecified atom stereocenters. The molecule has 1 fully saturated rings. The molecule has 0 aliphatic carbocycles. The molecule has 1 saturated heterocycles. The zero-order valence-corrected chi connectivity index (χ0v) is 15.6. The van der Waals surface area contributed by atoms with Crippen molar-refractivity contribution in [3.05, 3.63) is 35.4 Å². The Hall–Kier alpha value is -2.25. The lowest BCUT2D eigenvalue weighted by atomic mass is 9.70. The Balaban J connectivity index is 2.20. The van der Waals surface area contributed by atoms with Gasteiger partial charge in [-0.05, 0) is 51.3 Å². The van der Waals surface area contributed by atoms with E-state index >= 15 is 0 Å². The summed E-state index contributed by atoms with van der Waals surface area (Å²) in [4.78, 5) is 25.1. The van der Waals surface area contributed by atoms with E-state index in [1.54, 1.807) is 20.8 Å². The number of carbonyl (C=O) groups excluding carboxylic acids is 1. The molecular weight excluding hydrogens is 363 g/mol. The molecule has 0 spiro atoms. The van der Waals surface area contributed by atoms with Crippen LogP contribution >= 0.6 is 0 Å². The number of likely N-dealkylation sites (tertiary alicyclic amines) is 1. The molecule has 8 heteroatoms. The number of carboxylic acids is 1. The van der Waals surface area contributed by atoms with Crippen molar-refractivity contribution < 1.29 is 32.6 Å². The third-order valence-electron chi connectivity index (χ3n) is 4.69. The average Bonchev–Trinajstić information content (AvgIpc) is 2.52. The summed E-state index contributed by atoms with van der Waals surface area (Å²) in [6, 6.07) is 4.63. The Morgan fingerprint density at radius 1 is 1.11 bits per heavy atom. The molecule has 27 heavy (non-hydrogen) atoms. The number of piperidine rings is 1. The van der Waals surface area contributed by atoms with Gasteiger partial charge in [0.05, 0.1) is 12.0 Å². The zero-order chi connectivity index (χ0) is 20.5. The summed E-state index contributed by atoms with van der Waals surface area (Å²) in [7, 11) is 0. The first-order chi connectivity index (χ1) is 12.3. The maximum Gasteiger partial charge on any atom is 0.416 e. The molecule has 1 aromatic rings. The van der Waals surface area contributed by atoms with Crippen molar-refractivity contribution in [3.8, 4) is 0 Å². The highest BCUT2D eigenvalue weighted by atomic mass is 19.4. The normalized spacial score (nSPS) is 17.5. The summed E-state index contributed by atoms with van der Waals surface area (Å²) in [5.41, 5.74) is -1.68. The molecule has 0 aromatic heterocycles. The van der Waals surface area contributed by atoms with Crippen LogP contribution in [0.25, 0.3) is 0 Å². The number of aliphatic carboxylic acids is 1. The molecular formula is C19H24F3NO4. The van der Waals surface area contributed by atoms with Gasteiger partial charge in [-0.15, -0.1) is 0 Å². The van der Waals surface area contributed by atoms with E-state index in [0.29, 0.717) is 18.4 Å². The lowest BCUT2D eigenvalue weighted by Gasteiger charge is -2.41. The number of amides is 1. The van der Waals surface area contributed by atoms with Gasteiger partial charge in [-0.3, -0.25) is 4.79 Å². The van der Waals surface area contributed by atoms with Crippen LogP contribution in [-0.2, 0) is 21.1 Å². The van der Waals surface area contributed by atoms with Gasteiger partial charge in [-0.2, -0.15) is 13.2 Å². The number of rotatable bonds is 3. The van der Waals surface area contributed by atoms with E-state index in [9.17, 15) is 27.9 Å². The molecule has 1 aliphatic rings. The number of carbonyl (C=O) groups is 2. The Morgan fingerprint density at radius 2 is 1.63 bits per heavy atom. The summed E-state index contributed by atoms with van der Waals surface area (Å²) in [5, 5.41) is 9.32. The number of ether oxygens (including phenoxy) is 1.